The number of ether oxygens (including phenoxy) is 1. The third-order valence-corrected chi connectivity index (χ3v) is 2.02. The maximum absolute atomic E-state index is 8.96. The zero-order valence-electron chi connectivity index (χ0n) is 7.42. The number of aliphatic hydroxyl groups excluding tert-OH is 1. The van der Waals surface area contributed by atoms with Crippen LogP contribution < -0.4 is 5.32 Å². The molecule has 0 amide bonds. The minimum atomic E-state index is 0.106. The maximum atomic E-state index is 8.96. The molecular formula is C8H17NO2. The average Bonchev–Trinajstić information content (AvgIpc) is 2.31. The van der Waals surface area contributed by atoms with Crippen LogP contribution in [0, 0.1) is 5.41 Å². The summed E-state index contributed by atoms with van der Waals surface area (Å²) in [6, 6.07) is 0.106. The van der Waals surface area contributed by atoms with Crippen molar-refractivity contribution in [1.29, 1.82) is 0 Å². The SMILES string of the molecule is CC(C)(C)C1OCNC1CO. The normalized spacial score (nSPS) is 32.7. The minimum Gasteiger partial charge on any atom is -0.395 e. The molecule has 0 aliphatic carbocycles. The van der Waals surface area contributed by atoms with Gasteiger partial charge >= 0.3 is 0 Å². The molecule has 0 radical (unpaired) electrons. The van der Waals surface area contributed by atoms with E-state index in [-0.39, 0.29) is 24.2 Å². The van der Waals surface area contributed by atoms with Crippen molar-refractivity contribution in [2.75, 3.05) is 13.3 Å². The van der Waals surface area contributed by atoms with E-state index < -0.39 is 0 Å². The van der Waals surface area contributed by atoms with Crippen LogP contribution in [0.1, 0.15) is 20.8 Å². The van der Waals surface area contributed by atoms with Crippen molar-refractivity contribution in [1.82, 2.24) is 5.32 Å². The largest absolute Gasteiger partial charge is 0.395 e. The predicted octanol–water partition coefficient (Wildman–Crippen LogP) is 0.339. The molecule has 0 aromatic heterocycles. The molecule has 1 saturated heterocycles. The Morgan fingerprint density at radius 3 is 2.55 bits per heavy atom. The first-order valence-electron chi connectivity index (χ1n) is 4.01. The molecule has 1 fully saturated rings. The molecule has 3 heteroatoms. The minimum absolute atomic E-state index is 0.106. The van der Waals surface area contributed by atoms with E-state index in [0.29, 0.717) is 6.73 Å². The number of nitrogens with one attached hydrogen (secondary N) is 1. The molecule has 11 heavy (non-hydrogen) atoms. The summed E-state index contributed by atoms with van der Waals surface area (Å²) in [5.74, 6) is 0. The lowest BCUT2D eigenvalue weighted by molar-refractivity contribution is 0.0125. The van der Waals surface area contributed by atoms with Gasteiger partial charge in [-0.3, -0.25) is 5.32 Å². The highest BCUT2D eigenvalue weighted by atomic mass is 16.5. The summed E-state index contributed by atoms with van der Waals surface area (Å²) in [6.45, 7) is 7.07. The van der Waals surface area contributed by atoms with E-state index in [1.165, 1.54) is 0 Å². The highest BCUT2D eigenvalue weighted by Crippen LogP contribution is 2.27. The van der Waals surface area contributed by atoms with E-state index in [9.17, 15) is 0 Å². The van der Waals surface area contributed by atoms with Crippen molar-refractivity contribution in [3.05, 3.63) is 0 Å². The van der Waals surface area contributed by atoms with E-state index in [0.717, 1.165) is 0 Å². The lowest BCUT2D eigenvalue weighted by Crippen LogP contribution is -2.41. The van der Waals surface area contributed by atoms with E-state index in [4.69, 9.17) is 9.84 Å². The molecule has 0 saturated carbocycles. The molecule has 66 valence electrons. The second-order valence-electron chi connectivity index (χ2n) is 4.09. The summed E-state index contributed by atoms with van der Waals surface area (Å²) in [5.41, 5.74) is 0.108. The maximum Gasteiger partial charge on any atom is 0.0973 e. The number of hydrogen-bond donors (Lipinski definition) is 2. The van der Waals surface area contributed by atoms with E-state index in [1.807, 2.05) is 0 Å². The molecule has 0 aromatic rings. The Morgan fingerprint density at radius 2 is 2.18 bits per heavy atom. The van der Waals surface area contributed by atoms with Gasteiger partial charge in [-0.05, 0) is 5.41 Å². The van der Waals surface area contributed by atoms with Crippen molar-refractivity contribution in [2.24, 2.45) is 5.41 Å². The highest BCUT2D eigenvalue weighted by molar-refractivity contribution is 4.88. The van der Waals surface area contributed by atoms with E-state index >= 15 is 0 Å². The Kier molecular flexibility index (Phi) is 2.52. The van der Waals surface area contributed by atoms with Gasteiger partial charge in [0.05, 0.1) is 25.5 Å². The molecule has 2 atom stereocenters. The molecule has 1 heterocycles. The third-order valence-electron chi connectivity index (χ3n) is 2.02. The van der Waals surface area contributed by atoms with Gasteiger partial charge in [0.25, 0.3) is 0 Å². The first kappa shape index (κ1) is 8.97. The quantitative estimate of drug-likeness (QED) is 0.579. The number of aliphatic hydroxyl groups is 1. The van der Waals surface area contributed by atoms with Gasteiger partial charge < -0.3 is 9.84 Å². The van der Waals surface area contributed by atoms with Gasteiger partial charge in [0.2, 0.25) is 0 Å². The lowest BCUT2D eigenvalue weighted by atomic mass is 9.85. The van der Waals surface area contributed by atoms with Crippen molar-refractivity contribution < 1.29 is 9.84 Å². The summed E-state index contributed by atoms with van der Waals surface area (Å²) < 4.78 is 5.45. The molecule has 0 aromatic carbocycles. The Balaban J connectivity index is 2.57. The topological polar surface area (TPSA) is 41.5 Å². The summed E-state index contributed by atoms with van der Waals surface area (Å²) in [5, 5.41) is 12.0. The molecule has 3 nitrogen and oxygen atoms in total. The molecule has 0 spiro atoms. The van der Waals surface area contributed by atoms with Crippen molar-refractivity contribution >= 4 is 0 Å². The van der Waals surface area contributed by atoms with Crippen LogP contribution in [-0.2, 0) is 4.74 Å². The molecule has 2 unspecified atom stereocenters. The molecule has 2 N–H and O–H groups in total. The summed E-state index contributed by atoms with van der Waals surface area (Å²) in [4.78, 5) is 0. The Labute approximate surface area is 67.7 Å². The fraction of sp³-hybridized carbons (Fsp3) is 1.00. The van der Waals surface area contributed by atoms with Gasteiger partial charge in [0, 0.05) is 0 Å². The van der Waals surface area contributed by atoms with Crippen LogP contribution in [0.4, 0.5) is 0 Å². The van der Waals surface area contributed by atoms with E-state index in [1.54, 1.807) is 0 Å². The second-order valence-corrected chi connectivity index (χ2v) is 4.09. The average molecular weight is 159 g/mol. The first-order chi connectivity index (χ1) is 5.05. The van der Waals surface area contributed by atoms with Crippen LogP contribution in [0.5, 0.6) is 0 Å². The smallest absolute Gasteiger partial charge is 0.0973 e. The van der Waals surface area contributed by atoms with Crippen LogP contribution in [0.25, 0.3) is 0 Å². The van der Waals surface area contributed by atoms with Gasteiger partial charge in [0.1, 0.15) is 0 Å². The Bertz CT molecular complexity index is 131. The van der Waals surface area contributed by atoms with Gasteiger partial charge in [-0.2, -0.15) is 0 Å². The molecule has 0 bridgehead atoms. The van der Waals surface area contributed by atoms with Gasteiger partial charge in [-0.15, -0.1) is 0 Å². The lowest BCUT2D eigenvalue weighted by Gasteiger charge is -2.29. The summed E-state index contributed by atoms with van der Waals surface area (Å²) >= 11 is 0. The third kappa shape index (κ3) is 1.92. The van der Waals surface area contributed by atoms with Crippen molar-refractivity contribution in [3.63, 3.8) is 0 Å². The zero-order chi connectivity index (χ0) is 8.48. The fourth-order valence-electron chi connectivity index (χ4n) is 1.48. The van der Waals surface area contributed by atoms with Crippen LogP contribution >= 0.6 is 0 Å². The number of hydrogen-bond acceptors (Lipinski definition) is 3. The molecule has 1 rings (SSSR count). The molecular weight excluding hydrogens is 142 g/mol. The van der Waals surface area contributed by atoms with Crippen LogP contribution in [0.15, 0.2) is 0 Å². The standard InChI is InChI=1S/C8H17NO2/c1-8(2,3)7-6(4-10)9-5-11-7/h6-7,9-10H,4-5H2,1-3H3. The van der Waals surface area contributed by atoms with Crippen LogP contribution in [-0.4, -0.2) is 30.6 Å². The van der Waals surface area contributed by atoms with Crippen molar-refractivity contribution in [3.8, 4) is 0 Å². The Hall–Kier alpha value is -0.120. The van der Waals surface area contributed by atoms with Crippen LogP contribution in [0.2, 0.25) is 0 Å². The molecule has 1 aliphatic rings. The van der Waals surface area contributed by atoms with Crippen molar-refractivity contribution in [2.45, 2.75) is 32.9 Å². The van der Waals surface area contributed by atoms with Gasteiger partial charge in [-0.25, -0.2) is 0 Å². The highest BCUT2D eigenvalue weighted by Gasteiger charge is 2.36. The van der Waals surface area contributed by atoms with Gasteiger partial charge in [-0.1, -0.05) is 20.8 Å². The zero-order valence-corrected chi connectivity index (χ0v) is 7.42. The Morgan fingerprint density at radius 1 is 1.55 bits per heavy atom. The second kappa shape index (κ2) is 3.09. The number of rotatable bonds is 1. The first-order valence-corrected chi connectivity index (χ1v) is 4.01. The summed E-state index contributed by atoms with van der Waals surface area (Å²) in [6.07, 6.45) is 0.132. The molecule has 1 aliphatic heterocycles. The van der Waals surface area contributed by atoms with Crippen LogP contribution in [0.3, 0.4) is 0 Å². The van der Waals surface area contributed by atoms with Gasteiger partial charge in [0.15, 0.2) is 0 Å². The van der Waals surface area contributed by atoms with E-state index in [2.05, 4.69) is 26.1 Å². The summed E-state index contributed by atoms with van der Waals surface area (Å²) in [7, 11) is 0. The fourth-order valence-corrected chi connectivity index (χ4v) is 1.48. The monoisotopic (exact) mass is 159 g/mol. The predicted molar refractivity (Wildman–Crippen MR) is 43.2 cm³/mol.